The molecule has 6 nitrogen and oxygen atoms in total. The molecule has 2 aliphatic heterocycles. The van der Waals surface area contributed by atoms with Crippen LogP contribution in [0.5, 0.6) is 0 Å². The van der Waals surface area contributed by atoms with Gasteiger partial charge in [-0.2, -0.15) is 13.2 Å². The fourth-order valence-corrected chi connectivity index (χ4v) is 3.14. The van der Waals surface area contributed by atoms with Crippen molar-refractivity contribution in [1.29, 1.82) is 0 Å². The summed E-state index contributed by atoms with van der Waals surface area (Å²) >= 11 is 0. The van der Waals surface area contributed by atoms with E-state index in [1.807, 2.05) is 0 Å². The smallest absolute Gasteiger partial charge is 0.389 e. The summed E-state index contributed by atoms with van der Waals surface area (Å²) in [6, 6.07) is 0. The van der Waals surface area contributed by atoms with E-state index in [0.29, 0.717) is 31.9 Å². The summed E-state index contributed by atoms with van der Waals surface area (Å²) in [5.74, 6) is -1.06. The van der Waals surface area contributed by atoms with Crippen molar-refractivity contribution < 1.29 is 32.5 Å². The van der Waals surface area contributed by atoms with Crippen molar-refractivity contribution in [3.63, 3.8) is 0 Å². The highest BCUT2D eigenvalue weighted by Gasteiger charge is 2.36. The van der Waals surface area contributed by atoms with Gasteiger partial charge in [-0.05, 0) is 25.0 Å². The molecule has 1 N–H and O–H groups in total. The lowest BCUT2D eigenvalue weighted by atomic mass is 10.0. The van der Waals surface area contributed by atoms with E-state index in [-0.39, 0.29) is 30.6 Å². The maximum absolute atomic E-state index is 12.5. The summed E-state index contributed by atoms with van der Waals surface area (Å²) in [6.45, 7) is 4.00. The number of aliphatic carboxylic acids is 1. The number of methoxy groups -OCH3 is 1. The Bertz CT molecular complexity index is 554. The van der Waals surface area contributed by atoms with E-state index in [0.717, 1.165) is 0 Å². The van der Waals surface area contributed by atoms with Gasteiger partial charge in [0.05, 0.1) is 20.3 Å². The number of rotatable bonds is 6. The number of ether oxygens (including phenoxy) is 2. The van der Waals surface area contributed by atoms with Crippen molar-refractivity contribution in [2.75, 3.05) is 40.0 Å². The van der Waals surface area contributed by atoms with Crippen molar-refractivity contribution in [3.8, 4) is 0 Å². The molecule has 9 heteroatoms. The van der Waals surface area contributed by atoms with Crippen molar-refractivity contribution in [2.24, 2.45) is 0 Å². The maximum Gasteiger partial charge on any atom is 0.389 e. The minimum absolute atomic E-state index is 0.0148. The molecule has 2 rings (SSSR count). The lowest BCUT2D eigenvalue weighted by Crippen LogP contribution is -2.53. The van der Waals surface area contributed by atoms with Crippen LogP contribution in [0, 0.1) is 0 Å². The zero-order valence-electron chi connectivity index (χ0n) is 14.3. The highest BCUT2D eigenvalue weighted by atomic mass is 19.4. The van der Waals surface area contributed by atoms with Crippen LogP contribution < -0.4 is 0 Å². The third-order valence-corrected chi connectivity index (χ3v) is 4.27. The summed E-state index contributed by atoms with van der Waals surface area (Å²) in [6.07, 6.45) is -3.90. The summed E-state index contributed by atoms with van der Waals surface area (Å²) in [4.78, 5) is 15.2. The standard InChI is InChI=1S/C16H23F3N2O4/c1-11-10-12(20-6-8-25-9-7-20)21(5-3-4-16(17,18)19)14(24-2)13(11)15(22)23/h10,12H,3-9H2,1-2H3,(H,22,23). The van der Waals surface area contributed by atoms with Gasteiger partial charge in [0.25, 0.3) is 0 Å². The Kier molecular flexibility index (Phi) is 6.34. The second-order valence-electron chi connectivity index (χ2n) is 6.01. The van der Waals surface area contributed by atoms with Gasteiger partial charge in [-0.1, -0.05) is 0 Å². The van der Waals surface area contributed by atoms with Gasteiger partial charge in [0.2, 0.25) is 5.88 Å². The molecule has 142 valence electrons. The lowest BCUT2D eigenvalue weighted by Gasteiger charge is -2.44. The van der Waals surface area contributed by atoms with Crippen LogP contribution in [0.25, 0.3) is 0 Å². The van der Waals surface area contributed by atoms with Crippen LogP contribution in [0.4, 0.5) is 13.2 Å². The van der Waals surface area contributed by atoms with Gasteiger partial charge in [0.15, 0.2) is 0 Å². The topological polar surface area (TPSA) is 62.2 Å². The molecule has 0 bridgehead atoms. The molecule has 0 aromatic heterocycles. The Morgan fingerprint density at radius 1 is 1.40 bits per heavy atom. The molecular formula is C16H23F3N2O4. The fraction of sp³-hybridized carbons (Fsp3) is 0.688. The molecule has 1 unspecified atom stereocenters. The van der Waals surface area contributed by atoms with Crippen molar-refractivity contribution in [2.45, 2.75) is 32.1 Å². The van der Waals surface area contributed by atoms with Crippen LogP contribution in [-0.2, 0) is 14.3 Å². The number of halogens is 3. The summed E-state index contributed by atoms with van der Waals surface area (Å²) in [5, 5.41) is 9.46. The normalized spacial score (nSPS) is 22.8. The molecule has 0 radical (unpaired) electrons. The van der Waals surface area contributed by atoms with Gasteiger partial charge < -0.3 is 19.5 Å². The Balaban J connectivity index is 2.28. The predicted octanol–water partition coefficient (Wildman–Crippen LogP) is 2.19. The Hall–Kier alpha value is -1.74. The minimum atomic E-state index is -4.25. The number of carboxylic acid groups (broad SMARTS) is 1. The van der Waals surface area contributed by atoms with E-state index in [1.54, 1.807) is 17.9 Å². The molecule has 25 heavy (non-hydrogen) atoms. The molecular weight excluding hydrogens is 341 g/mol. The van der Waals surface area contributed by atoms with Crippen molar-refractivity contribution in [3.05, 3.63) is 23.1 Å². The van der Waals surface area contributed by atoms with Crippen LogP contribution >= 0.6 is 0 Å². The SMILES string of the molecule is COC1=C(C(=O)O)C(C)=CC(N2CCOCC2)N1CCCC(F)(F)F. The molecule has 0 aromatic rings. The second kappa shape index (κ2) is 8.09. The van der Waals surface area contributed by atoms with Gasteiger partial charge in [0.1, 0.15) is 11.7 Å². The number of carboxylic acids is 1. The second-order valence-corrected chi connectivity index (χ2v) is 6.01. The van der Waals surface area contributed by atoms with Gasteiger partial charge in [0, 0.05) is 26.1 Å². The summed E-state index contributed by atoms with van der Waals surface area (Å²) in [7, 11) is 1.34. The average molecular weight is 364 g/mol. The number of carbonyl (C=O) groups is 1. The molecule has 0 spiro atoms. The zero-order chi connectivity index (χ0) is 18.6. The average Bonchev–Trinajstić information content (AvgIpc) is 2.54. The largest absolute Gasteiger partial charge is 0.482 e. The van der Waals surface area contributed by atoms with Crippen LogP contribution in [0.15, 0.2) is 23.1 Å². The first kappa shape index (κ1) is 19.6. The summed E-state index contributed by atoms with van der Waals surface area (Å²) in [5.41, 5.74) is 0.520. The first-order valence-electron chi connectivity index (χ1n) is 8.10. The van der Waals surface area contributed by atoms with E-state index in [4.69, 9.17) is 9.47 Å². The molecule has 1 fully saturated rings. The molecule has 2 aliphatic rings. The molecule has 1 atom stereocenters. The molecule has 0 saturated carbocycles. The number of nitrogens with zero attached hydrogens (tertiary/aromatic N) is 2. The fourth-order valence-electron chi connectivity index (χ4n) is 3.14. The minimum Gasteiger partial charge on any atom is -0.482 e. The van der Waals surface area contributed by atoms with Crippen LogP contribution in [0.3, 0.4) is 0 Å². The molecule has 1 saturated heterocycles. The third kappa shape index (κ3) is 4.88. The van der Waals surface area contributed by atoms with Gasteiger partial charge in [-0.3, -0.25) is 4.90 Å². The lowest BCUT2D eigenvalue weighted by molar-refractivity contribution is -0.138. The highest BCUT2D eigenvalue weighted by Crippen LogP contribution is 2.31. The third-order valence-electron chi connectivity index (χ3n) is 4.27. The van der Waals surface area contributed by atoms with E-state index in [2.05, 4.69) is 4.90 Å². The predicted molar refractivity (Wildman–Crippen MR) is 83.6 cm³/mol. The van der Waals surface area contributed by atoms with E-state index >= 15 is 0 Å². The van der Waals surface area contributed by atoms with E-state index in [9.17, 15) is 23.1 Å². The first-order chi connectivity index (χ1) is 11.7. The van der Waals surface area contributed by atoms with Crippen LogP contribution in [0.1, 0.15) is 19.8 Å². The van der Waals surface area contributed by atoms with Crippen molar-refractivity contribution >= 4 is 5.97 Å². The Labute approximate surface area is 144 Å². The van der Waals surface area contributed by atoms with Crippen LogP contribution in [-0.4, -0.2) is 73.2 Å². The maximum atomic E-state index is 12.5. The molecule has 0 aromatic carbocycles. The summed E-state index contributed by atoms with van der Waals surface area (Å²) < 4.78 is 48.2. The van der Waals surface area contributed by atoms with Crippen LogP contribution in [0.2, 0.25) is 0 Å². The van der Waals surface area contributed by atoms with E-state index in [1.165, 1.54) is 7.11 Å². The van der Waals surface area contributed by atoms with Crippen molar-refractivity contribution in [1.82, 2.24) is 9.80 Å². The number of hydrogen-bond donors (Lipinski definition) is 1. The number of morpholine rings is 1. The molecule has 0 amide bonds. The monoisotopic (exact) mass is 364 g/mol. The quantitative estimate of drug-likeness (QED) is 0.780. The Morgan fingerprint density at radius 2 is 2.04 bits per heavy atom. The molecule has 0 aliphatic carbocycles. The van der Waals surface area contributed by atoms with Gasteiger partial charge in [-0.15, -0.1) is 0 Å². The van der Waals surface area contributed by atoms with Gasteiger partial charge >= 0.3 is 12.1 Å². The Morgan fingerprint density at radius 3 is 2.56 bits per heavy atom. The first-order valence-corrected chi connectivity index (χ1v) is 8.10. The highest BCUT2D eigenvalue weighted by molar-refractivity contribution is 5.92. The van der Waals surface area contributed by atoms with E-state index < -0.39 is 18.6 Å². The van der Waals surface area contributed by atoms with Gasteiger partial charge in [-0.25, -0.2) is 4.79 Å². The molecule has 2 heterocycles. The zero-order valence-corrected chi connectivity index (χ0v) is 14.3. The number of hydrogen-bond acceptors (Lipinski definition) is 5. The number of alkyl halides is 3.